The van der Waals surface area contributed by atoms with Gasteiger partial charge in [0.2, 0.25) is 5.75 Å². The lowest BCUT2D eigenvalue weighted by molar-refractivity contribution is 0.414. The van der Waals surface area contributed by atoms with Gasteiger partial charge in [0, 0.05) is 32.5 Å². The van der Waals surface area contributed by atoms with Crippen LogP contribution in [0.2, 0.25) is 0 Å². The van der Waals surface area contributed by atoms with Crippen molar-refractivity contribution in [2.45, 2.75) is 6.54 Å². The van der Waals surface area contributed by atoms with Crippen molar-refractivity contribution < 1.29 is 4.74 Å². The van der Waals surface area contributed by atoms with E-state index < -0.39 is 0 Å². The highest BCUT2D eigenvalue weighted by molar-refractivity contribution is 5.63. The second-order valence-electron chi connectivity index (χ2n) is 3.58. The van der Waals surface area contributed by atoms with Gasteiger partial charge in [0.1, 0.15) is 6.33 Å². The van der Waals surface area contributed by atoms with E-state index in [1.165, 1.54) is 6.33 Å². The zero-order valence-electron chi connectivity index (χ0n) is 10.4. The molecule has 0 saturated carbocycles. The fraction of sp³-hybridized carbons (Fsp3) is 0.364. The molecule has 0 aliphatic carbocycles. The number of nitrogens with one attached hydrogen (secondary N) is 2. The van der Waals surface area contributed by atoms with E-state index in [4.69, 9.17) is 4.74 Å². The molecule has 0 aliphatic heterocycles. The Balaban J connectivity index is 2.00. The Kier molecular flexibility index (Phi) is 3.95. The van der Waals surface area contributed by atoms with Crippen LogP contribution in [0.3, 0.4) is 0 Å². The van der Waals surface area contributed by atoms with Gasteiger partial charge in [0.25, 0.3) is 0 Å². The number of hydrogen-bond donors (Lipinski definition) is 2. The first-order chi connectivity index (χ1) is 8.85. The summed E-state index contributed by atoms with van der Waals surface area (Å²) >= 11 is 0. The number of aromatic nitrogens is 4. The van der Waals surface area contributed by atoms with Crippen LogP contribution < -0.4 is 15.4 Å². The molecule has 2 N–H and O–H groups in total. The Morgan fingerprint density at radius 1 is 1.33 bits per heavy atom. The standard InChI is InChI=1S/C11H16N6O/c1-12-10-9(18-2)11(16-7-15-10)14-4-6-17-5-3-13-8-17/h3,5,7-8H,4,6H2,1-2H3,(H2,12,14,15,16). The predicted molar refractivity (Wildman–Crippen MR) is 68.8 cm³/mol. The molecule has 7 heteroatoms. The first-order valence-electron chi connectivity index (χ1n) is 5.61. The van der Waals surface area contributed by atoms with Crippen molar-refractivity contribution in [3.05, 3.63) is 25.0 Å². The SMILES string of the molecule is CNc1ncnc(NCCn2ccnc2)c1OC. The van der Waals surface area contributed by atoms with E-state index in [1.807, 2.05) is 10.8 Å². The minimum Gasteiger partial charge on any atom is -0.490 e. The Hall–Kier alpha value is -2.31. The minimum atomic E-state index is 0.616. The van der Waals surface area contributed by atoms with Gasteiger partial charge in [-0.3, -0.25) is 0 Å². The van der Waals surface area contributed by atoms with Crippen LogP contribution in [-0.2, 0) is 6.54 Å². The van der Waals surface area contributed by atoms with Gasteiger partial charge in [-0.15, -0.1) is 0 Å². The molecule has 0 fully saturated rings. The van der Waals surface area contributed by atoms with Crippen LogP contribution in [0.25, 0.3) is 0 Å². The van der Waals surface area contributed by atoms with Crippen LogP contribution >= 0.6 is 0 Å². The van der Waals surface area contributed by atoms with Gasteiger partial charge in [0.15, 0.2) is 11.6 Å². The lowest BCUT2D eigenvalue weighted by atomic mass is 10.4. The van der Waals surface area contributed by atoms with E-state index in [1.54, 1.807) is 26.7 Å². The molecule has 0 radical (unpaired) electrons. The molecule has 0 amide bonds. The maximum atomic E-state index is 5.29. The van der Waals surface area contributed by atoms with Crippen LogP contribution in [0, 0.1) is 0 Å². The summed E-state index contributed by atoms with van der Waals surface area (Å²) in [7, 11) is 3.39. The number of imidazole rings is 1. The molecule has 2 aromatic rings. The van der Waals surface area contributed by atoms with Gasteiger partial charge in [-0.1, -0.05) is 0 Å². The molecule has 2 rings (SSSR count). The van der Waals surface area contributed by atoms with Crippen molar-refractivity contribution in [2.75, 3.05) is 31.3 Å². The average molecular weight is 248 g/mol. The molecule has 96 valence electrons. The van der Waals surface area contributed by atoms with Crippen molar-refractivity contribution in [2.24, 2.45) is 0 Å². The van der Waals surface area contributed by atoms with Crippen LogP contribution in [0.5, 0.6) is 5.75 Å². The monoisotopic (exact) mass is 248 g/mol. The molecular formula is C11H16N6O. The molecule has 0 atom stereocenters. The topological polar surface area (TPSA) is 76.9 Å². The van der Waals surface area contributed by atoms with E-state index in [2.05, 4.69) is 25.6 Å². The first kappa shape index (κ1) is 12.2. The van der Waals surface area contributed by atoms with Crippen molar-refractivity contribution in [1.29, 1.82) is 0 Å². The Morgan fingerprint density at radius 3 is 2.83 bits per heavy atom. The summed E-state index contributed by atoms with van der Waals surface area (Å²) in [5, 5.41) is 6.17. The number of nitrogens with zero attached hydrogens (tertiary/aromatic N) is 4. The fourth-order valence-electron chi connectivity index (χ4n) is 1.59. The summed E-state index contributed by atoms with van der Waals surface area (Å²) in [6, 6.07) is 0. The molecule has 18 heavy (non-hydrogen) atoms. The van der Waals surface area contributed by atoms with Crippen LogP contribution in [-0.4, -0.2) is 40.2 Å². The summed E-state index contributed by atoms with van der Waals surface area (Å²) < 4.78 is 7.27. The molecule has 0 spiro atoms. The maximum Gasteiger partial charge on any atom is 0.204 e. The van der Waals surface area contributed by atoms with Gasteiger partial charge in [-0.2, -0.15) is 0 Å². The number of anilines is 2. The lowest BCUT2D eigenvalue weighted by Gasteiger charge is -2.12. The molecule has 0 bridgehead atoms. The van der Waals surface area contributed by atoms with Gasteiger partial charge in [-0.25, -0.2) is 15.0 Å². The summed E-state index contributed by atoms with van der Waals surface area (Å²) in [5.41, 5.74) is 0. The van der Waals surface area contributed by atoms with E-state index in [0.717, 1.165) is 13.1 Å². The smallest absolute Gasteiger partial charge is 0.204 e. The lowest BCUT2D eigenvalue weighted by Crippen LogP contribution is -2.12. The Labute approximate surface area is 105 Å². The molecule has 0 unspecified atom stereocenters. The van der Waals surface area contributed by atoms with E-state index in [0.29, 0.717) is 17.4 Å². The fourth-order valence-corrected chi connectivity index (χ4v) is 1.59. The number of hydrogen-bond acceptors (Lipinski definition) is 6. The third kappa shape index (κ3) is 2.68. The minimum absolute atomic E-state index is 0.616. The van der Waals surface area contributed by atoms with Gasteiger partial charge < -0.3 is 19.9 Å². The third-order valence-corrected chi connectivity index (χ3v) is 2.47. The van der Waals surface area contributed by atoms with Crippen molar-refractivity contribution in [1.82, 2.24) is 19.5 Å². The largest absolute Gasteiger partial charge is 0.490 e. The highest BCUT2D eigenvalue weighted by Crippen LogP contribution is 2.27. The maximum absolute atomic E-state index is 5.29. The van der Waals surface area contributed by atoms with Crippen molar-refractivity contribution in [3.8, 4) is 5.75 Å². The number of ether oxygens (including phenoxy) is 1. The van der Waals surface area contributed by atoms with Crippen molar-refractivity contribution in [3.63, 3.8) is 0 Å². The second-order valence-corrected chi connectivity index (χ2v) is 3.58. The number of rotatable bonds is 6. The average Bonchev–Trinajstić information content (AvgIpc) is 2.91. The van der Waals surface area contributed by atoms with E-state index in [-0.39, 0.29) is 0 Å². The highest BCUT2D eigenvalue weighted by atomic mass is 16.5. The molecular weight excluding hydrogens is 232 g/mol. The normalized spacial score (nSPS) is 10.1. The van der Waals surface area contributed by atoms with Gasteiger partial charge in [-0.05, 0) is 0 Å². The first-order valence-corrected chi connectivity index (χ1v) is 5.61. The summed E-state index contributed by atoms with van der Waals surface area (Å²) in [6.45, 7) is 1.54. The summed E-state index contributed by atoms with van der Waals surface area (Å²) in [6.07, 6.45) is 6.94. The summed E-state index contributed by atoms with van der Waals surface area (Å²) in [5.74, 6) is 1.96. The Bertz CT molecular complexity index is 484. The van der Waals surface area contributed by atoms with Crippen molar-refractivity contribution >= 4 is 11.6 Å². The zero-order valence-corrected chi connectivity index (χ0v) is 10.4. The van der Waals surface area contributed by atoms with Gasteiger partial charge in [0.05, 0.1) is 13.4 Å². The highest BCUT2D eigenvalue weighted by Gasteiger charge is 2.09. The summed E-state index contributed by atoms with van der Waals surface area (Å²) in [4.78, 5) is 12.2. The Morgan fingerprint density at radius 2 is 2.17 bits per heavy atom. The van der Waals surface area contributed by atoms with Gasteiger partial charge >= 0.3 is 0 Å². The quantitative estimate of drug-likeness (QED) is 0.788. The van der Waals surface area contributed by atoms with Crippen LogP contribution in [0.1, 0.15) is 0 Å². The molecule has 0 aliphatic rings. The van der Waals surface area contributed by atoms with E-state index in [9.17, 15) is 0 Å². The van der Waals surface area contributed by atoms with E-state index >= 15 is 0 Å². The molecule has 2 aromatic heterocycles. The van der Waals surface area contributed by atoms with Crippen LogP contribution in [0.15, 0.2) is 25.0 Å². The molecule has 7 nitrogen and oxygen atoms in total. The third-order valence-electron chi connectivity index (χ3n) is 2.47. The molecule has 2 heterocycles. The second kappa shape index (κ2) is 5.85. The predicted octanol–water partition coefficient (Wildman–Crippen LogP) is 0.835. The number of methoxy groups -OCH3 is 1. The molecule has 0 aromatic carbocycles. The zero-order chi connectivity index (χ0) is 12.8. The van der Waals surface area contributed by atoms with Crippen LogP contribution in [0.4, 0.5) is 11.6 Å². The molecule has 0 saturated heterocycles.